The SMILES string of the molecule is CC1(OCc2ccccc2)COCOC1. The highest BCUT2D eigenvalue weighted by Crippen LogP contribution is 2.18. The van der Waals surface area contributed by atoms with E-state index >= 15 is 0 Å². The van der Waals surface area contributed by atoms with Gasteiger partial charge in [0.2, 0.25) is 0 Å². The zero-order valence-electron chi connectivity index (χ0n) is 8.94. The van der Waals surface area contributed by atoms with E-state index < -0.39 is 0 Å². The number of ether oxygens (including phenoxy) is 3. The summed E-state index contributed by atoms with van der Waals surface area (Å²) in [5.41, 5.74) is 0.859. The van der Waals surface area contributed by atoms with Gasteiger partial charge < -0.3 is 14.2 Å². The molecular weight excluding hydrogens is 192 g/mol. The zero-order valence-corrected chi connectivity index (χ0v) is 8.94. The van der Waals surface area contributed by atoms with Gasteiger partial charge in [0.25, 0.3) is 0 Å². The van der Waals surface area contributed by atoms with E-state index in [2.05, 4.69) is 0 Å². The smallest absolute Gasteiger partial charge is 0.147 e. The van der Waals surface area contributed by atoms with E-state index in [9.17, 15) is 0 Å². The predicted molar refractivity (Wildman–Crippen MR) is 56.4 cm³/mol. The van der Waals surface area contributed by atoms with Crippen LogP contribution >= 0.6 is 0 Å². The van der Waals surface area contributed by atoms with Crippen molar-refractivity contribution in [1.82, 2.24) is 0 Å². The van der Waals surface area contributed by atoms with Crippen molar-refractivity contribution in [3.8, 4) is 0 Å². The third kappa shape index (κ3) is 3.02. The van der Waals surface area contributed by atoms with E-state index in [1.807, 2.05) is 37.3 Å². The topological polar surface area (TPSA) is 27.7 Å². The van der Waals surface area contributed by atoms with E-state index in [0.717, 1.165) is 0 Å². The summed E-state index contributed by atoms with van der Waals surface area (Å²) in [7, 11) is 0. The van der Waals surface area contributed by atoms with Gasteiger partial charge in [0, 0.05) is 0 Å². The molecule has 0 N–H and O–H groups in total. The minimum Gasteiger partial charge on any atom is -0.366 e. The molecule has 2 rings (SSSR count). The van der Waals surface area contributed by atoms with E-state index in [-0.39, 0.29) is 5.60 Å². The van der Waals surface area contributed by atoms with Crippen molar-refractivity contribution in [2.45, 2.75) is 19.1 Å². The largest absolute Gasteiger partial charge is 0.366 e. The predicted octanol–water partition coefficient (Wildman–Crippen LogP) is 1.97. The molecule has 0 spiro atoms. The number of benzene rings is 1. The molecule has 0 bridgehead atoms. The minimum atomic E-state index is -0.311. The molecule has 1 aliphatic heterocycles. The second kappa shape index (κ2) is 4.75. The molecule has 0 radical (unpaired) electrons. The third-order valence-electron chi connectivity index (χ3n) is 2.41. The Labute approximate surface area is 90.0 Å². The van der Waals surface area contributed by atoms with Crippen LogP contribution < -0.4 is 0 Å². The summed E-state index contributed by atoms with van der Waals surface area (Å²) in [5, 5.41) is 0. The van der Waals surface area contributed by atoms with Crippen LogP contribution in [0, 0.1) is 0 Å². The zero-order chi connectivity index (χ0) is 10.6. The average molecular weight is 208 g/mol. The third-order valence-corrected chi connectivity index (χ3v) is 2.41. The molecule has 0 amide bonds. The maximum absolute atomic E-state index is 5.81. The fourth-order valence-electron chi connectivity index (χ4n) is 1.53. The summed E-state index contributed by atoms with van der Waals surface area (Å²) >= 11 is 0. The van der Waals surface area contributed by atoms with E-state index in [4.69, 9.17) is 14.2 Å². The Morgan fingerprint density at radius 2 is 1.87 bits per heavy atom. The van der Waals surface area contributed by atoms with Crippen molar-refractivity contribution >= 4 is 0 Å². The van der Waals surface area contributed by atoms with Crippen molar-refractivity contribution in [2.75, 3.05) is 20.0 Å². The van der Waals surface area contributed by atoms with Crippen LogP contribution in [0.1, 0.15) is 12.5 Å². The fraction of sp³-hybridized carbons (Fsp3) is 0.500. The van der Waals surface area contributed by atoms with Crippen molar-refractivity contribution in [2.24, 2.45) is 0 Å². The Bertz CT molecular complexity index is 291. The van der Waals surface area contributed by atoms with Crippen molar-refractivity contribution in [1.29, 1.82) is 0 Å². The van der Waals surface area contributed by atoms with E-state index in [1.54, 1.807) is 0 Å². The summed E-state index contributed by atoms with van der Waals surface area (Å²) in [6.07, 6.45) is 0. The maximum atomic E-state index is 5.81. The molecule has 0 saturated carbocycles. The number of hydrogen-bond acceptors (Lipinski definition) is 3. The molecule has 1 aliphatic rings. The fourth-order valence-corrected chi connectivity index (χ4v) is 1.53. The molecular formula is C12H16O3. The molecule has 1 aromatic rings. The van der Waals surface area contributed by atoms with Crippen LogP contribution in [0.4, 0.5) is 0 Å². The summed E-state index contributed by atoms with van der Waals surface area (Å²) in [6.45, 7) is 4.18. The molecule has 3 nitrogen and oxygen atoms in total. The van der Waals surface area contributed by atoms with Crippen LogP contribution in [0.5, 0.6) is 0 Å². The first-order valence-electron chi connectivity index (χ1n) is 5.12. The molecule has 3 heteroatoms. The van der Waals surface area contributed by atoms with Crippen molar-refractivity contribution < 1.29 is 14.2 Å². The van der Waals surface area contributed by atoms with Gasteiger partial charge in [-0.05, 0) is 12.5 Å². The first kappa shape index (κ1) is 10.6. The Hall–Kier alpha value is -0.900. The van der Waals surface area contributed by atoms with Crippen LogP contribution in [0.15, 0.2) is 30.3 Å². The van der Waals surface area contributed by atoms with Crippen LogP contribution in [0.3, 0.4) is 0 Å². The highest BCUT2D eigenvalue weighted by molar-refractivity contribution is 5.13. The maximum Gasteiger partial charge on any atom is 0.147 e. The summed E-state index contributed by atoms with van der Waals surface area (Å²) in [4.78, 5) is 0. The second-order valence-corrected chi connectivity index (χ2v) is 4.04. The van der Waals surface area contributed by atoms with E-state index in [0.29, 0.717) is 26.6 Å². The molecule has 0 unspecified atom stereocenters. The lowest BCUT2D eigenvalue weighted by atomic mass is 10.1. The highest BCUT2D eigenvalue weighted by Gasteiger charge is 2.29. The molecule has 1 fully saturated rings. The van der Waals surface area contributed by atoms with Gasteiger partial charge >= 0.3 is 0 Å². The Morgan fingerprint density at radius 1 is 1.20 bits per heavy atom. The molecule has 1 saturated heterocycles. The molecule has 1 aromatic carbocycles. The summed E-state index contributed by atoms with van der Waals surface area (Å²) in [5.74, 6) is 0. The molecule has 1 heterocycles. The van der Waals surface area contributed by atoms with Crippen molar-refractivity contribution in [3.63, 3.8) is 0 Å². The molecule has 15 heavy (non-hydrogen) atoms. The monoisotopic (exact) mass is 208 g/mol. The first-order chi connectivity index (χ1) is 7.29. The summed E-state index contributed by atoms with van der Waals surface area (Å²) in [6, 6.07) is 10.1. The van der Waals surface area contributed by atoms with Crippen LogP contribution in [0.25, 0.3) is 0 Å². The second-order valence-electron chi connectivity index (χ2n) is 4.04. The van der Waals surface area contributed by atoms with Gasteiger partial charge in [-0.1, -0.05) is 30.3 Å². The van der Waals surface area contributed by atoms with Crippen LogP contribution in [0.2, 0.25) is 0 Å². The van der Waals surface area contributed by atoms with Gasteiger partial charge in [-0.25, -0.2) is 0 Å². The Kier molecular flexibility index (Phi) is 3.36. The van der Waals surface area contributed by atoms with E-state index in [1.165, 1.54) is 5.56 Å². The van der Waals surface area contributed by atoms with Gasteiger partial charge in [0.15, 0.2) is 0 Å². The minimum absolute atomic E-state index is 0.311. The Morgan fingerprint density at radius 3 is 2.53 bits per heavy atom. The molecule has 0 aliphatic carbocycles. The Balaban J connectivity index is 1.87. The van der Waals surface area contributed by atoms with Gasteiger partial charge in [0.1, 0.15) is 12.4 Å². The molecule has 82 valence electrons. The van der Waals surface area contributed by atoms with Crippen molar-refractivity contribution in [3.05, 3.63) is 35.9 Å². The standard InChI is InChI=1S/C12H16O3/c1-12(8-13-10-14-9-12)15-7-11-5-3-2-4-6-11/h2-6H,7-10H2,1H3. The lowest BCUT2D eigenvalue weighted by molar-refractivity contribution is -0.216. The van der Waals surface area contributed by atoms with Crippen LogP contribution in [-0.4, -0.2) is 25.6 Å². The number of hydrogen-bond donors (Lipinski definition) is 0. The number of rotatable bonds is 3. The lowest BCUT2D eigenvalue weighted by Gasteiger charge is -2.33. The highest BCUT2D eigenvalue weighted by atomic mass is 16.7. The molecule has 0 atom stereocenters. The van der Waals surface area contributed by atoms with Gasteiger partial charge in [0.05, 0.1) is 19.8 Å². The average Bonchev–Trinajstić information content (AvgIpc) is 2.29. The molecule has 0 aromatic heterocycles. The lowest BCUT2D eigenvalue weighted by Crippen LogP contribution is -2.43. The normalized spacial score (nSPS) is 20.1. The first-order valence-corrected chi connectivity index (χ1v) is 5.12. The van der Waals surface area contributed by atoms with Gasteiger partial charge in [-0.3, -0.25) is 0 Å². The quantitative estimate of drug-likeness (QED) is 0.760. The van der Waals surface area contributed by atoms with Gasteiger partial charge in [-0.2, -0.15) is 0 Å². The summed E-state index contributed by atoms with van der Waals surface area (Å²) < 4.78 is 16.3. The van der Waals surface area contributed by atoms with Crippen LogP contribution in [-0.2, 0) is 20.8 Å². The van der Waals surface area contributed by atoms with Gasteiger partial charge in [-0.15, -0.1) is 0 Å².